The SMILES string of the molecule is CNCc1c(C)oc(C)c1S(=O)(=O)N(C)CC1CCCO1. The van der Waals surface area contributed by atoms with E-state index in [-0.39, 0.29) is 11.0 Å². The van der Waals surface area contributed by atoms with E-state index >= 15 is 0 Å². The molecular weight excluding hydrogens is 292 g/mol. The highest BCUT2D eigenvalue weighted by Gasteiger charge is 2.32. The van der Waals surface area contributed by atoms with Crippen molar-refractivity contribution in [2.24, 2.45) is 0 Å². The summed E-state index contributed by atoms with van der Waals surface area (Å²) in [7, 11) is -0.184. The van der Waals surface area contributed by atoms with Gasteiger partial charge in [-0.15, -0.1) is 0 Å². The van der Waals surface area contributed by atoms with Gasteiger partial charge in [-0.05, 0) is 33.7 Å². The van der Waals surface area contributed by atoms with E-state index in [4.69, 9.17) is 9.15 Å². The number of hydrogen-bond donors (Lipinski definition) is 1. The molecule has 2 rings (SSSR count). The van der Waals surface area contributed by atoms with Gasteiger partial charge >= 0.3 is 0 Å². The lowest BCUT2D eigenvalue weighted by Gasteiger charge is -2.21. The quantitative estimate of drug-likeness (QED) is 0.859. The highest BCUT2D eigenvalue weighted by molar-refractivity contribution is 7.89. The van der Waals surface area contributed by atoms with Gasteiger partial charge in [0, 0.05) is 32.3 Å². The molecule has 1 saturated heterocycles. The van der Waals surface area contributed by atoms with Gasteiger partial charge in [0.05, 0.1) is 6.10 Å². The van der Waals surface area contributed by atoms with Crippen molar-refractivity contribution in [1.29, 1.82) is 0 Å². The van der Waals surface area contributed by atoms with Gasteiger partial charge in [-0.1, -0.05) is 0 Å². The van der Waals surface area contributed by atoms with E-state index in [1.807, 2.05) is 0 Å². The molecular formula is C14H24N2O4S. The zero-order valence-electron chi connectivity index (χ0n) is 13.1. The van der Waals surface area contributed by atoms with Crippen LogP contribution in [0.4, 0.5) is 0 Å². The molecule has 1 aromatic heterocycles. The molecule has 0 aliphatic carbocycles. The number of aryl methyl sites for hydroxylation is 2. The number of nitrogens with zero attached hydrogens (tertiary/aromatic N) is 1. The molecule has 1 fully saturated rings. The molecule has 0 bridgehead atoms. The van der Waals surface area contributed by atoms with Crippen molar-refractivity contribution in [3.63, 3.8) is 0 Å². The average Bonchev–Trinajstić information content (AvgIpc) is 2.99. The summed E-state index contributed by atoms with van der Waals surface area (Å²) in [4.78, 5) is 0.287. The third kappa shape index (κ3) is 3.31. The predicted molar refractivity (Wildman–Crippen MR) is 79.7 cm³/mol. The Morgan fingerprint density at radius 3 is 2.62 bits per heavy atom. The summed E-state index contributed by atoms with van der Waals surface area (Å²) < 4.78 is 38.1. The topological polar surface area (TPSA) is 71.8 Å². The molecule has 0 radical (unpaired) electrons. The molecule has 0 amide bonds. The van der Waals surface area contributed by atoms with Crippen LogP contribution in [0.25, 0.3) is 0 Å². The van der Waals surface area contributed by atoms with Crippen molar-refractivity contribution < 1.29 is 17.6 Å². The Labute approximate surface area is 126 Å². The van der Waals surface area contributed by atoms with E-state index in [0.717, 1.165) is 12.8 Å². The minimum atomic E-state index is -3.57. The van der Waals surface area contributed by atoms with Crippen LogP contribution in [0, 0.1) is 13.8 Å². The molecule has 21 heavy (non-hydrogen) atoms. The standard InChI is InChI=1S/C14H24N2O4S/c1-10-13(8-15-3)14(11(2)20-10)21(17,18)16(4)9-12-6-5-7-19-12/h12,15H,5-9H2,1-4H3. The van der Waals surface area contributed by atoms with Crippen molar-refractivity contribution in [1.82, 2.24) is 9.62 Å². The monoisotopic (exact) mass is 316 g/mol. The van der Waals surface area contributed by atoms with Crippen LogP contribution < -0.4 is 5.32 Å². The molecule has 6 nitrogen and oxygen atoms in total. The maximum atomic E-state index is 12.8. The van der Waals surface area contributed by atoms with Crippen molar-refractivity contribution in [2.75, 3.05) is 27.2 Å². The van der Waals surface area contributed by atoms with Crippen LogP contribution >= 0.6 is 0 Å². The molecule has 1 unspecified atom stereocenters. The van der Waals surface area contributed by atoms with Crippen LogP contribution in [0.15, 0.2) is 9.31 Å². The second-order valence-electron chi connectivity index (χ2n) is 5.47. The maximum Gasteiger partial charge on any atom is 0.246 e. The van der Waals surface area contributed by atoms with E-state index in [1.165, 1.54) is 4.31 Å². The summed E-state index contributed by atoms with van der Waals surface area (Å²) in [6.45, 7) is 5.04. The molecule has 1 aliphatic heterocycles. The van der Waals surface area contributed by atoms with Crippen LogP contribution in [0.2, 0.25) is 0 Å². The third-order valence-corrected chi connectivity index (χ3v) is 5.85. The van der Waals surface area contributed by atoms with Gasteiger partial charge in [0.2, 0.25) is 10.0 Å². The fraction of sp³-hybridized carbons (Fsp3) is 0.714. The highest BCUT2D eigenvalue weighted by Crippen LogP contribution is 2.29. The maximum absolute atomic E-state index is 12.8. The van der Waals surface area contributed by atoms with Gasteiger partial charge in [0.25, 0.3) is 0 Å². The van der Waals surface area contributed by atoms with Crippen molar-refractivity contribution in [3.8, 4) is 0 Å². The number of rotatable bonds is 6. The van der Waals surface area contributed by atoms with Crippen molar-refractivity contribution in [2.45, 2.75) is 44.2 Å². The van der Waals surface area contributed by atoms with Gasteiger partial charge in [-0.3, -0.25) is 0 Å². The van der Waals surface area contributed by atoms with Crippen molar-refractivity contribution in [3.05, 3.63) is 17.1 Å². The number of furan rings is 1. The van der Waals surface area contributed by atoms with Gasteiger partial charge in [-0.2, -0.15) is 4.31 Å². The second-order valence-corrected chi connectivity index (χ2v) is 7.45. The zero-order chi connectivity index (χ0) is 15.6. The van der Waals surface area contributed by atoms with Crippen LogP contribution in [0.1, 0.15) is 29.9 Å². The fourth-order valence-electron chi connectivity index (χ4n) is 2.76. The van der Waals surface area contributed by atoms with Crippen molar-refractivity contribution >= 4 is 10.0 Å². The molecule has 1 aliphatic rings. The number of ether oxygens (including phenoxy) is 1. The number of nitrogens with one attached hydrogen (secondary N) is 1. The number of hydrogen-bond acceptors (Lipinski definition) is 5. The summed E-state index contributed by atoms with van der Waals surface area (Å²) in [5.74, 6) is 1.09. The average molecular weight is 316 g/mol. The van der Waals surface area contributed by atoms with Gasteiger partial charge in [-0.25, -0.2) is 8.42 Å². The summed E-state index contributed by atoms with van der Waals surface area (Å²) in [5.41, 5.74) is 0.703. The molecule has 1 atom stereocenters. The lowest BCUT2D eigenvalue weighted by molar-refractivity contribution is 0.0978. The number of sulfonamides is 1. The Morgan fingerprint density at radius 2 is 2.05 bits per heavy atom. The third-order valence-electron chi connectivity index (χ3n) is 3.83. The minimum absolute atomic E-state index is 0.00849. The smallest absolute Gasteiger partial charge is 0.246 e. The predicted octanol–water partition coefficient (Wildman–Crippen LogP) is 1.42. The van der Waals surface area contributed by atoms with Crippen LogP contribution in [0.3, 0.4) is 0 Å². The van der Waals surface area contributed by atoms with Crippen LogP contribution in [-0.4, -0.2) is 46.1 Å². The van der Waals surface area contributed by atoms with Gasteiger partial charge in [0.1, 0.15) is 16.4 Å². The first-order chi connectivity index (χ1) is 9.87. The Kier molecular flexibility index (Phi) is 5.08. The van der Waals surface area contributed by atoms with E-state index in [2.05, 4.69) is 5.32 Å². The Hall–Kier alpha value is -0.890. The molecule has 1 aromatic rings. The zero-order valence-corrected chi connectivity index (χ0v) is 13.9. The molecule has 2 heterocycles. The highest BCUT2D eigenvalue weighted by atomic mass is 32.2. The van der Waals surface area contributed by atoms with Gasteiger partial charge < -0.3 is 14.5 Å². The lowest BCUT2D eigenvalue weighted by Crippen LogP contribution is -2.34. The molecule has 120 valence electrons. The van der Waals surface area contributed by atoms with Gasteiger partial charge in [0.15, 0.2) is 0 Å². The first-order valence-corrected chi connectivity index (χ1v) is 8.63. The van der Waals surface area contributed by atoms with E-state index in [9.17, 15) is 8.42 Å². The Balaban J connectivity index is 2.29. The van der Waals surface area contributed by atoms with Crippen LogP contribution in [-0.2, 0) is 21.3 Å². The van der Waals surface area contributed by atoms with E-state index in [1.54, 1.807) is 27.9 Å². The second kappa shape index (κ2) is 6.48. The summed E-state index contributed by atoms with van der Waals surface area (Å²) in [5, 5.41) is 3.00. The molecule has 1 N–H and O–H groups in total. The fourth-order valence-corrected chi connectivity index (χ4v) is 4.36. The summed E-state index contributed by atoms with van der Waals surface area (Å²) in [6.07, 6.45) is 1.89. The normalized spacial score (nSPS) is 19.6. The first kappa shape index (κ1) is 16.5. The van der Waals surface area contributed by atoms with E-state index in [0.29, 0.717) is 36.8 Å². The molecule has 0 aromatic carbocycles. The Bertz CT molecular complexity index is 588. The number of likely N-dealkylation sites (N-methyl/N-ethyl adjacent to an activating group) is 1. The first-order valence-electron chi connectivity index (χ1n) is 7.19. The molecule has 7 heteroatoms. The molecule has 0 spiro atoms. The lowest BCUT2D eigenvalue weighted by atomic mass is 10.2. The summed E-state index contributed by atoms with van der Waals surface area (Å²) >= 11 is 0. The minimum Gasteiger partial charge on any atom is -0.465 e. The largest absolute Gasteiger partial charge is 0.465 e. The Morgan fingerprint density at radius 1 is 1.33 bits per heavy atom. The summed E-state index contributed by atoms with van der Waals surface area (Å²) in [6, 6.07) is 0. The van der Waals surface area contributed by atoms with E-state index < -0.39 is 10.0 Å². The van der Waals surface area contributed by atoms with Crippen LogP contribution in [0.5, 0.6) is 0 Å². The molecule has 0 saturated carbocycles.